The number of ether oxygens (including phenoxy) is 2. The van der Waals surface area contributed by atoms with Crippen molar-refractivity contribution in [1.82, 2.24) is 10.3 Å². The highest BCUT2D eigenvalue weighted by Gasteiger charge is 2.24. The van der Waals surface area contributed by atoms with Crippen LogP contribution in [0.4, 0.5) is 5.69 Å². The van der Waals surface area contributed by atoms with Crippen LogP contribution in [-0.2, 0) is 11.2 Å². The Bertz CT molecular complexity index is 1560. The zero-order valence-corrected chi connectivity index (χ0v) is 23.2. The van der Waals surface area contributed by atoms with Gasteiger partial charge < -0.3 is 30.3 Å². The Morgan fingerprint density at radius 1 is 0.837 bits per heavy atom. The third-order valence-electron chi connectivity index (χ3n) is 7.08. The van der Waals surface area contributed by atoms with E-state index >= 15 is 0 Å². The zero-order valence-electron chi connectivity index (χ0n) is 23.2. The number of nitrogens with one attached hydrogen (secondary N) is 2. The number of carbonyl (C=O) groups excluding carboxylic acids is 2. The van der Waals surface area contributed by atoms with E-state index < -0.39 is 5.97 Å². The molecule has 1 saturated carbocycles. The molecule has 1 aromatic heterocycles. The van der Waals surface area contributed by atoms with Crippen LogP contribution in [0.2, 0.25) is 0 Å². The summed E-state index contributed by atoms with van der Waals surface area (Å²) in [4.78, 5) is 40.5. The fourth-order valence-electron chi connectivity index (χ4n) is 4.84. The average Bonchev–Trinajstić information content (AvgIpc) is 3.00. The van der Waals surface area contributed by atoms with Gasteiger partial charge in [0, 0.05) is 23.9 Å². The first-order valence-corrected chi connectivity index (χ1v) is 13.9. The highest BCUT2D eigenvalue weighted by Crippen LogP contribution is 2.27. The number of phenolic OH excluding ortho intramolecular Hbond substituents is 1. The summed E-state index contributed by atoms with van der Waals surface area (Å²) in [7, 11) is 0. The first kappa shape index (κ1) is 29.1. The molecule has 10 heteroatoms. The van der Waals surface area contributed by atoms with Gasteiger partial charge in [0.2, 0.25) is 11.8 Å². The summed E-state index contributed by atoms with van der Waals surface area (Å²) in [6, 6.07) is 23.2. The molecule has 0 saturated heterocycles. The van der Waals surface area contributed by atoms with Gasteiger partial charge in [-0.05, 0) is 91.9 Å². The first-order chi connectivity index (χ1) is 20.8. The fraction of sp³-hybridized carbons (Fsp3) is 0.212. The summed E-state index contributed by atoms with van der Waals surface area (Å²) in [5.74, 6) is 0.181. The van der Waals surface area contributed by atoms with E-state index in [0.29, 0.717) is 22.8 Å². The number of carbonyl (C=O) groups is 3. The molecular formula is C33H31N3O7. The van der Waals surface area contributed by atoms with Crippen LogP contribution in [0.3, 0.4) is 0 Å². The quantitative estimate of drug-likeness (QED) is 0.190. The van der Waals surface area contributed by atoms with Crippen molar-refractivity contribution in [3.63, 3.8) is 0 Å². The Morgan fingerprint density at radius 3 is 2.21 bits per heavy atom. The van der Waals surface area contributed by atoms with E-state index in [4.69, 9.17) is 9.47 Å². The second-order valence-electron chi connectivity index (χ2n) is 10.3. The summed E-state index contributed by atoms with van der Waals surface area (Å²) < 4.78 is 12.0. The lowest BCUT2D eigenvalue weighted by Crippen LogP contribution is -2.39. The summed E-state index contributed by atoms with van der Waals surface area (Å²) in [6.45, 7) is 0. The number of anilines is 1. The number of hydrogen-bond acceptors (Lipinski definition) is 7. The average molecular weight is 582 g/mol. The first-order valence-electron chi connectivity index (χ1n) is 13.9. The molecule has 4 N–H and O–H groups in total. The number of para-hydroxylation sites is 1. The molecule has 0 atom stereocenters. The molecule has 3 aromatic carbocycles. The number of nitrogens with zero attached hydrogens (tertiary/aromatic N) is 1. The Hall–Kier alpha value is -5.38. The Labute approximate surface area is 248 Å². The molecule has 0 spiro atoms. The number of aromatic nitrogens is 1. The van der Waals surface area contributed by atoms with E-state index in [0.717, 1.165) is 31.4 Å². The maximum Gasteiger partial charge on any atom is 0.337 e. The van der Waals surface area contributed by atoms with Crippen molar-refractivity contribution >= 4 is 23.5 Å². The minimum absolute atomic E-state index is 0.0229. The molecule has 0 unspecified atom stereocenters. The fourth-order valence-corrected chi connectivity index (χ4v) is 4.84. The SMILES string of the molecule is O=C(Cc1ccc(Oc2ccc(OC3CCC(NC(=O)c4ccc(O)cc4)CC3)cc2)nc1)Nc1ccccc1C(=O)O. The molecule has 2 amide bonds. The van der Waals surface area contributed by atoms with Crippen molar-refractivity contribution in [2.75, 3.05) is 5.32 Å². The molecule has 0 aliphatic heterocycles. The predicted molar refractivity (Wildman–Crippen MR) is 159 cm³/mol. The van der Waals surface area contributed by atoms with E-state index in [1.807, 2.05) is 12.1 Å². The van der Waals surface area contributed by atoms with Gasteiger partial charge in [-0.1, -0.05) is 18.2 Å². The topological polar surface area (TPSA) is 147 Å². The van der Waals surface area contributed by atoms with Gasteiger partial charge in [0.05, 0.1) is 23.8 Å². The van der Waals surface area contributed by atoms with E-state index in [2.05, 4.69) is 15.6 Å². The Balaban J connectivity index is 1.06. The lowest BCUT2D eigenvalue weighted by Gasteiger charge is -2.29. The van der Waals surface area contributed by atoms with Gasteiger partial charge in [0.1, 0.15) is 17.2 Å². The highest BCUT2D eigenvalue weighted by molar-refractivity contribution is 6.01. The van der Waals surface area contributed by atoms with Crippen LogP contribution in [0.15, 0.2) is 91.1 Å². The number of aromatic carboxylic acids is 1. The van der Waals surface area contributed by atoms with Crippen molar-refractivity contribution in [3.8, 4) is 23.1 Å². The molecule has 10 nitrogen and oxygen atoms in total. The van der Waals surface area contributed by atoms with E-state index in [-0.39, 0.29) is 47.4 Å². The number of aromatic hydroxyl groups is 1. The molecule has 4 aromatic rings. The molecule has 1 fully saturated rings. The van der Waals surface area contributed by atoms with Crippen LogP contribution in [0, 0.1) is 0 Å². The minimum atomic E-state index is -1.11. The summed E-state index contributed by atoms with van der Waals surface area (Å²) in [5, 5.41) is 24.4. The molecule has 1 heterocycles. The van der Waals surface area contributed by atoms with Crippen molar-refractivity contribution < 1.29 is 34.1 Å². The van der Waals surface area contributed by atoms with E-state index in [9.17, 15) is 24.6 Å². The summed E-state index contributed by atoms with van der Waals surface area (Å²) in [5.41, 5.74) is 1.43. The van der Waals surface area contributed by atoms with Crippen LogP contribution >= 0.6 is 0 Å². The Morgan fingerprint density at radius 2 is 1.53 bits per heavy atom. The number of amides is 2. The third-order valence-corrected chi connectivity index (χ3v) is 7.08. The predicted octanol–water partition coefficient (Wildman–Crippen LogP) is 5.58. The number of carboxylic acids is 1. The standard InChI is InChI=1S/C33H31N3O7/c37-24-10-6-22(7-11-24)32(39)35-23-8-12-25(13-9-23)42-26-14-16-27(17-15-26)43-31-18-5-21(20-34-31)19-30(38)36-29-4-2-1-3-28(29)33(40)41/h1-7,10-11,14-18,20,23,25,37H,8-9,12-13,19H2,(H,35,39)(H,36,38)(H,40,41). The van der Waals surface area contributed by atoms with Crippen LogP contribution in [0.25, 0.3) is 0 Å². The van der Waals surface area contributed by atoms with Gasteiger partial charge in [-0.15, -0.1) is 0 Å². The second-order valence-corrected chi connectivity index (χ2v) is 10.3. The Kier molecular flexibility index (Phi) is 9.16. The van der Waals surface area contributed by atoms with Gasteiger partial charge in [-0.25, -0.2) is 9.78 Å². The van der Waals surface area contributed by atoms with Gasteiger partial charge >= 0.3 is 5.97 Å². The van der Waals surface area contributed by atoms with Crippen molar-refractivity contribution in [2.24, 2.45) is 0 Å². The molecule has 1 aliphatic carbocycles. The summed E-state index contributed by atoms with van der Waals surface area (Å²) in [6.07, 6.45) is 4.89. The van der Waals surface area contributed by atoms with Gasteiger partial charge in [0.15, 0.2) is 0 Å². The third kappa shape index (κ3) is 8.10. The number of pyridine rings is 1. The highest BCUT2D eigenvalue weighted by atomic mass is 16.5. The number of phenols is 1. The lowest BCUT2D eigenvalue weighted by atomic mass is 9.92. The van der Waals surface area contributed by atoms with Crippen LogP contribution < -0.4 is 20.1 Å². The van der Waals surface area contributed by atoms with Gasteiger partial charge in [-0.2, -0.15) is 0 Å². The normalized spacial score (nSPS) is 16.1. The van der Waals surface area contributed by atoms with Crippen LogP contribution in [-0.4, -0.2) is 45.1 Å². The number of hydrogen-bond donors (Lipinski definition) is 4. The number of rotatable bonds is 10. The summed E-state index contributed by atoms with van der Waals surface area (Å²) >= 11 is 0. The zero-order chi connectivity index (χ0) is 30.2. The van der Waals surface area contributed by atoms with E-state index in [1.54, 1.807) is 60.8 Å². The molecular weight excluding hydrogens is 550 g/mol. The minimum Gasteiger partial charge on any atom is -0.508 e. The monoisotopic (exact) mass is 581 g/mol. The second kappa shape index (κ2) is 13.5. The van der Waals surface area contributed by atoms with E-state index in [1.165, 1.54) is 18.2 Å². The smallest absolute Gasteiger partial charge is 0.337 e. The van der Waals surface area contributed by atoms with Crippen molar-refractivity contribution in [1.29, 1.82) is 0 Å². The van der Waals surface area contributed by atoms with Gasteiger partial charge in [0.25, 0.3) is 5.91 Å². The van der Waals surface area contributed by atoms with Gasteiger partial charge in [-0.3, -0.25) is 9.59 Å². The van der Waals surface area contributed by atoms with Crippen molar-refractivity contribution in [3.05, 3.63) is 108 Å². The number of benzene rings is 3. The van der Waals surface area contributed by atoms with Crippen LogP contribution in [0.1, 0.15) is 52.0 Å². The maximum atomic E-state index is 12.4. The maximum absolute atomic E-state index is 12.4. The molecule has 0 bridgehead atoms. The number of carboxylic acid groups (broad SMARTS) is 1. The largest absolute Gasteiger partial charge is 0.508 e. The lowest BCUT2D eigenvalue weighted by molar-refractivity contribution is -0.115. The van der Waals surface area contributed by atoms with Crippen LogP contribution in [0.5, 0.6) is 23.1 Å². The molecule has 220 valence electrons. The van der Waals surface area contributed by atoms with Crippen molar-refractivity contribution in [2.45, 2.75) is 44.2 Å². The molecule has 0 radical (unpaired) electrons. The molecule has 1 aliphatic rings. The molecule has 43 heavy (non-hydrogen) atoms. The molecule has 5 rings (SSSR count).